The molecule has 0 saturated heterocycles. The third-order valence-corrected chi connectivity index (χ3v) is 3.48. The molecule has 0 saturated carbocycles. The first-order chi connectivity index (χ1) is 7.79. The Hall–Kier alpha value is -1.13. The summed E-state index contributed by atoms with van der Waals surface area (Å²) in [6.45, 7) is 0. The monoisotopic (exact) mass is 295 g/mol. The summed E-state index contributed by atoms with van der Waals surface area (Å²) in [6, 6.07) is 9.43. The topological polar surface area (TPSA) is 29.1 Å². The quantitative estimate of drug-likeness (QED) is 0.855. The molecule has 1 aromatic carbocycles. The Morgan fingerprint density at radius 3 is 2.56 bits per heavy atom. The number of alkyl halides is 1. The van der Waals surface area contributed by atoms with Gasteiger partial charge in [0.1, 0.15) is 0 Å². The highest BCUT2D eigenvalue weighted by Gasteiger charge is 2.05. The zero-order chi connectivity index (χ0) is 11.4. The van der Waals surface area contributed by atoms with Gasteiger partial charge in [0.05, 0.1) is 5.69 Å². The molecule has 0 aliphatic heterocycles. The van der Waals surface area contributed by atoms with Gasteiger partial charge in [0, 0.05) is 16.3 Å². The van der Waals surface area contributed by atoms with Crippen LogP contribution >= 0.6 is 27.3 Å². The van der Waals surface area contributed by atoms with Gasteiger partial charge in [0.25, 0.3) is 5.91 Å². The van der Waals surface area contributed by atoms with Crippen molar-refractivity contribution in [1.29, 1.82) is 0 Å². The lowest BCUT2D eigenvalue weighted by atomic mass is 10.1. The van der Waals surface area contributed by atoms with Crippen LogP contribution in [0.2, 0.25) is 0 Å². The molecule has 0 bridgehead atoms. The minimum Gasteiger partial charge on any atom is -0.321 e. The van der Waals surface area contributed by atoms with E-state index in [1.54, 1.807) is 11.3 Å². The van der Waals surface area contributed by atoms with Gasteiger partial charge in [-0.05, 0) is 29.1 Å². The van der Waals surface area contributed by atoms with E-state index in [-0.39, 0.29) is 5.91 Å². The highest BCUT2D eigenvalue weighted by molar-refractivity contribution is 9.08. The molecule has 1 aromatic heterocycles. The zero-order valence-electron chi connectivity index (χ0n) is 8.44. The van der Waals surface area contributed by atoms with Crippen molar-refractivity contribution in [2.75, 3.05) is 5.32 Å². The number of carbonyl (C=O) groups excluding carboxylic acids is 1. The molecule has 2 aromatic rings. The minimum atomic E-state index is -0.0699. The van der Waals surface area contributed by atoms with Crippen LogP contribution < -0.4 is 5.32 Å². The molecule has 2 nitrogen and oxygen atoms in total. The molecule has 1 heterocycles. The molecule has 0 aliphatic carbocycles. The van der Waals surface area contributed by atoms with E-state index in [9.17, 15) is 4.79 Å². The van der Waals surface area contributed by atoms with E-state index in [1.165, 1.54) is 0 Å². The zero-order valence-corrected chi connectivity index (χ0v) is 10.8. The van der Waals surface area contributed by atoms with Crippen LogP contribution in [0.1, 0.15) is 15.9 Å². The molecule has 1 amide bonds. The summed E-state index contributed by atoms with van der Waals surface area (Å²) in [5, 5.41) is 7.48. The van der Waals surface area contributed by atoms with Crippen LogP contribution in [-0.2, 0) is 5.33 Å². The third kappa shape index (κ3) is 2.71. The summed E-state index contributed by atoms with van der Waals surface area (Å²) >= 11 is 4.93. The highest BCUT2D eigenvalue weighted by atomic mass is 79.9. The van der Waals surface area contributed by atoms with Crippen LogP contribution in [0.15, 0.2) is 41.1 Å². The van der Waals surface area contributed by atoms with Crippen molar-refractivity contribution in [2.45, 2.75) is 5.33 Å². The number of carbonyl (C=O) groups is 1. The van der Waals surface area contributed by atoms with E-state index >= 15 is 0 Å². The van der Waals surface area contributed by atoms with Crippen molar-refractivity contribution in [3.05, 3.63) is 52.2 Å². The number of thiophene rings is 1. The molecule has 82 valence electrons. The fourth-order valence-electron chi connectivity index (χ4n) is 1.28. The lowest BCUT2D eigenvalue weighted by Gasteiger charge is -2.03. The molecular formula is C12H10BrNOS. The van der Waals surface area contributed by atoms with Crippen molar-refractivity contribution in [3.8, 4) is 0 Å². The molecule has 0 spiro atoms. The van der Waals surface area contributed by atoms with E-state index in [1.807, 2.05) is 41.1 Å². The molecule has 4 heteroatoms. The Bertz CT molecular complexity index is 464. The van der Waals surface area contributed by atoms with E-state index in [2.05, 4.69) is 21.2 Å². The first kappa shape index (κ1) is 11.4. The molecular weight excluding hydrogens is 286 g/mol. The van der Waals surface area contributed by atoms with Crippen LogP contribution in [0.25, 0.3) is 0 Å². The lowest BCUT2D eigenvalue weighted by molar-refractivity contribution is 0.102. The summed E-state index contributed by atoms with van der Waals surface area (Å²) in [7, 11) is 0. The number of halogens is 1. The average molecular weight is 296 g/mol. The van der Waals surface area contributed by atoms with Gasteiger partial charge < -0.3 is 5.32 Å². The second-order valence-corrected chi connectivity index (χ2v) is 4.64. The molecule has 0 fully saturated rings. The van der Waals surface area contributed by atoms with Crippen LogP contribution in [0.4, 0.5) is 5.69 Å². The summed E-state index contributed by atoms with van der Waals surface area (Å²) in [5.41, 5.74) is 2.68. The van der Waals surface area contributed by atoms with E-state index in [0.717, 1.165) is 16.6 Å². The third-order valence-electron chi connectivity index (χ3n) is 2.15. The molecule has 16 heavy (non-hydrogen) atoms. The van der Waals surface area contributed by atoms with Gasteiger partial charge in [-0.15, -0.1) is 0 Å². The summed E-state index contributed by atoms with van der Waals surface area (Å²) in [6.07, 6.45) is 0. The fourth-order valence-corrected chi connectivity index (χ4v) is 2.25. The fraction of sp³-hybridized carbons (Fsp3) is 0.0833. The number of hydrogen-bond donors (Lipinski definition) is 1. The minimum absolute atomic E-state index is 0.0699. The number of benzene rings is 1. The largest absolute Gasteiger partial charge is 0.321 e. The second kappa shape index (κ2) is 5.27. The van der Waals surface area contributed by atoms with Crippen molar-refractivity contribution in [2.24, 2.45) is 0 Å². The van der Waals surface area contributed by atoms with Gasteiger partial charge in [0.15, 0.2) is 0 Å². The first-order valence-electron chi connectivity index (χ1n) is 4.78. The smallest absolute Gasteiger partial charge is 0.255 e. The van der Waals surface area contributed by atoms with Crippen molar-refractivity contribution >= 4 is 38.9 Å². The van der Waals surface area contributed by atoms with Gasteiger partial charge in [-0.25, -0.2) is 0 Å². The van der Waals surface area contributed by atoms with Crippen molar-refractivity contribution < 1.29 is 4.79 Å². The van der Waals surface area contributed by atoms with E-state index in [0.29, 0.717) is 5.56 Å². The van der Waals surface area contributed by atoms with Gasteiger partial charge in [-0.1, -0.05) is 28.1 Å². The first-order valence-corrected chi connectivity index (χ1v) is 6.84. The Morgan fingerprint density at radius 1 is 1.25 bits per heavy atom. The Balaban J connectivity index is 2.09. The SMILES string of the molecule is O=C(Nc1ccsc1)c1ccc(CBr)cc1. The van der Waals surface area contributed by atoms with Gasteiger partial charge in [-0.2, -0.15) is 11.3 Å². The Morgan fingerprint density at radius 2 is 2.00 bits per heavy atom. The van der Waals surface area contributed by atoms with Crippen molar-refractivity contribution in [1.82, 2.24) is 0 Å². The normalized spacial score (nSPS) is 10.1. The lowest BCUT2D eigenvalue weighted by Crippen LogP contribution is -2.10. The molecule has 1 N–H and O–H groups in total. The standard InChI is InChI=1S/C12H10BrNOS/c13-7-9-1-3-10(4-2-9)12(15)14-11-5-6-16-8-11/h1-6,8H,7H2,(H,14,15). The summed E-state index contributed by atoms with van der Waals surface area (Å²) in [4.78, 5) is 11.8. The number of rotatable bonds is 3. The maximum atomic E-state index is 11.8. The van der Waals surface area contributed by atoms with E-state index in [4.69, 9.17) is 0 Å². The summed E-state index contributed by atoms with van der Waals surface area (Å²) < 4.78 is 0. The average Bonchev–Trinajstić information content (AvgIpc) is 2.82. The Labute approximate surface area is 106 Å². The van der Waals surface area contributed by atoms with Gasteiger partial charge in [-0.3, -0.25) is 4.79 Å². The maximum Gasteiger partial charge on any atom is 0.255 e. The highest BCUT2D eigenvalue weighted by Crippen LogP contribution is 2.14. The predicted octanol–water partition coefficient (Wildman–Crippen LogP) is 3.90. The predicted molar refractivity (Wildman–Crippen MR) is 71.3 cm³/mol. The van der Waals surface area contributed by atoms with Gasteiger partial charge in [0.2, 0.25) is 0 Å². The van der Waals surface area contributed by atoms with Gasteiger partial charge >= 0.3 is 0 Å². The number of nitrogens with one attached hydrogen (secondary N) is 1. The molecule has 0 aliphatic rings. The Kier molecular flexibility index (Phi) is 3.74. The van der Waals surface area contributed by atoms with Crippen LogP contribution in [0, 0.1) is 0 Å². The van der Waals surface area contributed by atoms with Crippen LogP contribution in [0.5, 0.6) is 0 Å². The second-order valence-electron chi connectivity index (χ2n) is 3.30. The molecule has 0 radical (unpaired) electrons. The van der Waals surface area contributed by atoms with Crippen LogP contribution in [0.3, 0.4) is 0 Å². The number of amides is 1. The van der Waals surface area contributed by atoms with Crippen molar-refractivity contribution in [3.63, 3.8) is 0 Å². The molecule has 0 atom stereocenters. The number of hydrogen-bond acceptors (Lipinski definition) is 2. The molecule has 0 unspecified atom stereocenters. The van der Waals surface area contributed by atoms with E-state index < -0.39 is 0 Å². The molecule has 2 rings (SSSR count). The maximum absolute atomic E-state index is 11.8. The number of anilines is 1. The summed E-state index contributed by atoms with van der Waals surface area (Å²) in [5.74, 6) is -0.0699. The van der Waals surface area contributed by atoms with Crippen LogP contribution in [-0.4, -0.2) is 5.91 Å².